The Hall–Kier alpha value is -2.33. The van der Waals surface area contributed by atoms with Gasteiger partial charge in [0.25, 0.3) is 0 Å². The highest BCUT2D eigenvalue weighted by molar-refractivity contribution is 5.91. The van der Waals surface area contributed by atoms with Gasteiger partial charge in [-0.1, -0.05) is 30.3 Å². The summed E-state index contributed by atoms with van der Waals surface area (Å²) in [7, 11) is 0. The molecule has 4 heteroatoms. The molecule has 2 aromatic carbocycles. The molecule has 1 N–H and O–H groups in total. The van der Waals surface area contributed by atoms with Crippen molar-refractivity contribution in [2.75, 3.05) is 42.9 Å². The molecule has 1 heterocycles. The summed E-state index contributed by atoms with van der Waals surface area (Å²) < 4.78 is 0. The molecule has 0 unspecified atom stereocenters. The molecular formula is C22H29N3O. The number of nitrogens with one attached hydrogen (secondary N) is 1. The highest BCUT2D eigenvalue weighted by Gasteiger charge is 2.19. The third kappa shape index (κ3) is 4.44. The van der Waals surface area contributed by atoms with Crippen molar-refractivity contribution >= 4 is 17.3 Å². The van der Waals surface area contributed by atoms with Gasteiger partial charge in [0.15, 0.2) is 0 Å². The lowest BCUT2D eigenvalue weighted by molar-refractivity contribution is -0.116. The van der Waals surface area contributed by atoms with E-state index in [4.69, 9.17) is 0 Å². The van der Waals surface area contributed by atoms with Gasteiger partial charge in [0.05, 0.1) is 0 Å². The molecule has 4 nitrogen and oxygen atoms in total. The van der Waals surface area contributed by atoms with E-state index in [0.29, 0.717) is 6.42 Å². The minimum atomic E-state index is 0.0938. The first-order valence-electron chi connectivity index (χ1n) is 9.43. The van der Waals surface area contributed by atoms with E-state index in [9.17, 15) is 4.79 Å². The SMILES string of the molecule is Cc1ccccc1NC(=O)CCN1CCN(c2cccc(C)c2C)CC1. The second-order valence-corrected chi connectivity index (χ2v) is 7.16. The van der Waals surface area contributed by atoms with Crippen LogP contribution in [-0.4, -0.2) is 43.5 Å². The van der Waals surface area contributed by atoms with Crippen molar-refractivity contribution in [2.24, 2.45) is 0 Å². The summed E-state index contributed by atoms with van der Waals surface area (Å²) in [4.78, 5) is 17.1. The van der Waals surface area contributed by atoms with E-state index < -0.39 is 0 Å². The first-order chi connectivity index (χ1) is 12.5. The first kappa shape index (κ1) is 18.5. The lowest BCUT2D eigenvalue weighted by Crippen LogP contribution is -2.47. The maximum absolute atomic E-state index is 12.2. The minimum absolute atomic E-state index is 0.0938. The van der Waals surface area contributed by atoms with E-state index in [0.717, 1.165) is 44.0 Å². The molecule has 3 rings (SSSR count). The van der Waals surface area contributed by atoms with Crippen LogP contribution in [0, 0.1) is 20.8 Å². The van der Waals surface area contributed by atoms with E-state index in [1.807, 2.05) is 31.2 Å². The van der Waals surface area contributed by atoms with Gasteiger partial charge in [-0.05, 0) is 49.6 Å². The van der Waals surface area contributed by atoms with Crippen molar-refractivity contribution in [2.45, 2.75) is 27.2 Å². The lowest BCUT2D eigenvalue weighted by atomic mass is 10.1. The zero-order chi connectivity index (χ0) is 18.5. The normalized spacial score (nSPS) is 15.1. The average molecular weight is 351 g/mol. The highest BCUT2D eigenvalue weighted by atomic mass is 16.1. The third-order valence-corrected chi connectivity index (χ3v) is 5.36. The average Bonchev–Trinajstić information content (AvgIpc) is 2.65. The molecule has 0 bridgehead atoms. The van der Waals surface area contributed by atoms with Crippen LogP contribution in [0.15, 0.2) is 42.5 Å². The summed E-state index contributed by atoms with van der Waals surface area (Å²) in [5.74, 6) is 0.0938. The Labute approximate surface area is 156 Å². The summed E-state index contributed by atoms with van der Waals surface area (Å²) in [6.07, 6.45) is 0.539. The number of aryl methyl sites for hydroxylation is 2. The van der Waals surface area contributed by atoms with E-state index in [2.05, 4.69) is 47.2 Å². The van der Waals surface area contributed by atoms with Gasteiger partial charge in [0.1, 0.15) is 0 Å². The van der Waals surface area contributed by atoms with Gasteiger partial charge in [0.2, 0.25) is 5.91 Å². The number of benzene rings is 2. The molecule has 1 saturated heterocycles. The number of carbonyl (C=O) groups is 1. The topological polar surface area (TPSA) is 35.6 Å². The molecule has 0 atom stereocenters. The standard InChI is InChI=1S/C22H29N3O/c1-17-8-6-10-21(19(17)3)25-15-13-24(14-16-25)12-11-22(26)23-20-9-5-4-7-18(20)2/h4-10H,11-16H2,1-3H3,(H,23,26). The molecule has 138 valence electrons. The van der Waals surface area contributed by atoms with Crippen LogP contribution in [0.25, 0.3) is 0 Å². The van der Waals surface area contributed by atoms with Crippen LogP contribution in [0.5, 0.6) is 0 Å². The molecule has 1 amide bonds. The number of rotatable bonds is 5. The number of hydrogen-bond acceptors (Lipinski definition) is 3. The van der Waals surface area contributed by atoms with Crippen molar-refractivity contribution < 1.29 is 4.79 Å². The molecule has 1 fully saturated rings. The number of amides is 1. The summed E-state index contributed by atoms with van der Waals surface area (Å²) in [6.45, 7) is 11.2. The van der Waals surface area contributed by atoms with Gasteiger partial charge in [-0.3, -0.25) is 9.69 Å². The largest absolute Gasteiger partial charge is 0.369 e. The Morgan fingerprint density at radius 2 is 1.62 bits per heavy atom. The molecule has 1 aliphatic heterocycles. The van der Waals surface area contributed by atoms with Crippen molar-refractivity contribution in [3.05, 3.63) is 59.2 Å². The summed E-state index contributed by atoms with van der Waals surface area (Å²) in [6, 6.07) is 14.4. The quantitative estimate of drug-likeness (QED) is 0.891. The van der Waals surface area contributed by atoms with Gasteiger partial charge >= 0.3 is 0 Å². The summed E-state index contributed by atoms with van der Waals surface area (Å²) in [5, 5.41) is 3.02. The number of hydrogen-bond donors (Lipinski definition) is 1. The van der Waals surface area contributed by atoms with Crippen LogP contribution >= 0.6 is 0 Å². The first-order valence-corrected chi connectivity index (χ1v) is 9.43. The number of nitrogens with zero attached hydrogens (tertiary/aromatic N) is 2. The maximum Gasteiger partial charge on any atom is 0.225 e. The molecule has 1 aliphatic rings. The van der Waals surface area contributed by atoms with Crippen molar-refractivity contribution in [1.29, 1.82) is 0 Å². The van der Waals surface area contributed by atoms with Gasteiger partial charge in [0, 0.05) is 50.5 Å². The number of carbonyl (C=O) groups excluding carboxylic acids is 1. The van der Waals surface area contributed by atoms with E-state index in [1.54, 1.807) is 0 Å². The molecule has 0 aliphatic carbocycles. The van der Waals surface area contributed by atoms with E-state index in [-0.39, 0.29) is 5.91 Å². The Bertz CT molecular complexity index is 764. The van der Waals surface area contributed by atoms with Crippen LogP contribution < -0.4 is 10.2 Å². The lowest BCUT2D eigenvalue weighted by Gasteiger charge is -2.37. The molecule has 0 spiro atoms. The Kier molecular flexibility index (Phi) is 5.94. The molecule has 0 radical (unpaired) electrons. The van der Waals surface area contributed by atoms with Crippen LogP contribution in [0.3, 0.4) is 0 Å². The van der Waals surface area contributed by atoms with Crippen molar-refractivity contribution in [3.8, 4) is 0 Å². The predicted molar refractivity (Wildman–Crippen MR) is 109 cm³/mol. The molecule has 0 aromatic heterocycles. The van der Waals surface area contributed by atoms with Gasteiger partial charge < -0.3 is 10.2 Å². The smallest absolute Gasteiger partial charge is 0.225 e. The van der Waals surface area contributed by atoms with Gasteiger partial charge in [-0.25, -0.2) is 0 Å². The van der Waals surface area contributed by atoms with Crippen molar-refractivity contribution in [3.63, 3.8) is 0 Å². The van der Waals surface area contributed by atoms with Crippen LogP contribution in [0.1, 0.15) is 23.1 Å². The number of anilines is 2. The van der Waals surface area contributed by atoms with Crippen LogP contribution in [-0.2, 0) is 4.79 Å². The fourth-order valence-electron chi connectivity index (χ4n) is 3.48. The maximum atomic E-state index is 12.2. The molecule has 2 aromatic rings. The fourth-order valence-corrected chi connectivity index (χ4v) is 3.48. The van der Waals surface area contributed by atoms with E-state index >= 15 is 0 Å². The van der Waals surface area contributed by atoms with Crippen molar-refractivity contribution in [1.82, 2.24) is 4.90 Å². The summed E-state index contributed by atoms with van der Waals surface area (Å²) in [5.41, 5.74) is 6.08. The number of para-hydroxylation sites is 1. The second kappa shape index (κ2) is 8.37. The van der Waals surface area contributed by atoms with Gasteiger partial charge in [-0.15, -0.1) is 0 Å². The monoisotopic (exact) mass is 351 g/mol. The predicted octanol–water partition coefficient (Wildman–Crippen LogP) is 3.76. The van der Waals surface area contributed by atoms with E-state index in [1.165, 1.54) is 16.8 Å². The fraction of sp³-hybridized carbons (Fsp3) is 0.409. The summed E-state index contributed by atoms with van der Waals surface area (Å²) >= 11 is 0. The number of piperazine rings is 1. The van der Waals surface area contributed by atoms with Crippen LogP contribution in [0.4, 0.5) is 11.4 Å². The molecule has 26 heavy (non-hydrogen) atoms. The Morgan fingerprint density at radius 1 is 0.923 bits per heavy atom. The Morgan fingerprint density at radius 3 is 2.35 bits per heavy atom. The van der Waals surface area contributed by atoms with Crippen LogP contribution in [0.2, 0.25) is 0 Å². The second-order valence-electron chi connectivity index (χ2n) is 7.16. The zero-order valence-corrected chi connectivity index (χ0v) is 16.1. The zero-order valence-electron chi connectivity index (χ0n) is 16.1. The van der Waals surface area contributed by atoms with Gasteiger partial charge in [-0.2, -0.15) is 0 Å². The highest BCUT2D eigenvalue weighted by Crippen LogP contribution is 2.23. The Balaban J connectivity index is 1.46. The molecule has 0 saturated carbocycles. The third-order valence-electron chi connectivity index (χ3n) is 5.36. The molecular weight excluding hydrogens is 322 g/mol. The minimum Gasteiger partial charge on any atom is -0.369 e.